The molecule has 118 valence electrons. The number of hydrogen-bond donors (Lipinski definition) is 1. The van der Waals surface area contributed by atoms with Crippen LogP contribution in [0.4, 0.5) is 4.39 Å². The maximum absolute atomic E-state index is 13.3. The minimum Gasteiger partial charge on any atom is -0.374 e. The van der Waals surface area contributed by atoms with Crippen LogP contribution in [0.5, 0.6) is 0 Å². The van der Waals surface area contributed by atoms with Crippen LogP contribution in [0.1, 0.15) is 25.8 Å². The van der Waals surface area contributed by atoms with Crippen molar-refractivity contribution in [2.75, 3.05) is 32.8 Å². The Bertz CT molecular complexity index is 425. The molecule has 4 heteroatoms. The molecule has 21 heavy (non-hydrogen) atoms. The molecule has 2 unspecified atom stereocenters. The van der Waals surface area contributed by atoms with Gasteiger partial charge in [-0.1, -0.05) is 26.0 Å². The van der Waals surface area contributed by atoms with E-state index in [1.54, 1.807) is 12.1 Å². The highest BCUT2D eigenvalue weighted by Crippen LogP contribution is 2.15. The molecular weight excluding hydrogens is 267 g/mol. The maximum Gasteiger partial charge on any atom is 0.123 e. The standard InChI is InChI=1S/C17H27FN2O/c1-3-8-20-9-10-21-17(13-20)16(19-4-2)12-14-6-5-7-15(18)11-14/h5-7,11,16-17,19H,3-4,8-10,12-13H2,1-2H3. The number of halogens is 1. The van der Waals surface area contributed by atoms with Gasteiger partial charge in [-0.3, -0.25) is 4.90 Å². The number of nitrogens with one attached hydrogen (secondary N) is 1. The molecule has 0 spiro atoms. The lowest BCUT2D eigenvalue weighted by molar-refractivity contribution is -0.0459. The monoisotopic (exact) mass is 294 g/mol. The van der Waals surface area contributed by atoms with Crippen molar-refractivity contribution in [2.24, 2.45) is 0 Å². The molecule has 1 fully saturated rings. The highest BCUT2D eigenvalue weighted by atomic mass is 19.1. The zero-order valence-electron chi connectivity index (χ0n) is 13.1. The topological polar surface area (TPSA) is 24.5 Å². The Labute approximate surface area is 127 Å². The van der Waals surface area contributed by atoms with E-state index in [9.17, 15) is 4.39 Å². The van der Waals surface area contributed by atoms with Gasteiger partial charge in [0.25, 0.3) is 0 Å². The average molecular weight is 294 g/mol. The lowest BCUT2D eigenvalue weighted by atomic mass is 9.99. The van der Waals surface area contributed by atoms with Gasteiger partial charge in [-0.25, -0.2) is 4.39 Å². The summed E-state index contributed by atoms with van der Waals surface area (Å²) < 4.78 is 19.3. The van der Waals surface area contributed by atoms with Crippen molar-refractivity contribution in [2.45, 2.75) is 38.8 Å². The van der Waals surface area contributed by atoms with Gasteiger partial charge in [-0.15, -0.1) is 0 Å². The van der Waals surface area contributed by atoms with Crippen LogP contribution in [-0.4, -0.2) is 49.8 Å². The van der Waals surface area contributed by atoms with E-state index in [-0.39, 0.29) is 18.0 Å². The molecule has 2 atom stereocenters. The lowest BCUT2D eigenvalue weighted by Gasteiger charge is -2.37. The van der Waals surface area contributed by atoms with Crippen LogP contribution in [0.25, 0.3) is 0 Å². The van der Waals surface area contributed by atoms with E-state index >= 15 is 0 Å². The minimum absolute atomic E-state index is 0.167. The Morgan fingerprint density at radius 3 is 3.00 bits per heavy atom. The summed E-state index contributed by atoms with van der Waals surface area (Å²) in [5, 5.41) is 3.51. The first-order valence-corrected chi connectivity index (χ1v) is 8.04. The molecule has 0 saturated carbocycles. The Balaban J connectivity index is 2.00. The molecule has 0 aliphatic carbocycles. The first kappa shape index (κ1) is 16.4. The number of ether oxygens (including phenoxy) is 1. The summed E-state index contributed by atoms with van der Waals surface area (Å²) in [5.41, 5.74) is 1.03. The summed E-state index contributed by atoms with van der Waals surface area (Å²) >= 11 is 0. The van der Waals surface area contributed by atoms with Crippen molar-refractivity contribution in [3.05, 3.63) is 35.6 Å². The number of nitrogens with zero attached hydrogens (tertiary/aromatic N) is 1. The van der Waals surface area contributed by atoms with E-state index in [2.05, 4.69) is 24.1 Å². The van der Waals surface area contributed by atoms with Crippen molar-refractivity contribution in [3.63, 3.8) is 0 Å². The molecule has 1 saturated heterocycles. The minimum atomic E-state index is -0.167. The van der Waals surface area contributed by atoms with E-state index < -0.39 is 0 Å². The van der Waals surface area contributed by atoms with Crippen LogP contribution in [-0.2, 0) is 11.2 Å². The Kier molecular flexibility index (Phi) is 6.61. The molecule has 0 amide bonds. The van der Waals surface area contributed by atoms with Gasteiger partial charge in [0.15, 0.2) is 0 Å². The maximum atomic E-state index is 13.3. The second-order valence-electron chi connectivity index (χ2n) is 5.71. The smallest absolute Gasteiger partial charge is 0.123 e. The molecule has 1 aromatic rings. The van der Waals surface area contributed by atoms with Crippen molar-refractivity contribution < 1.29 is 9.13 Å². The fraction of sp³-hybridized carbons (Fsp3) is 0.647. The van der Waals surface area contributed by atoms with Crippen LogP contribution in [0, 0.1) is 5.82 Å². The number of benzene rings is 1. The van der Waals surface area contributed by atoms with E-state index in [4.69, 9.17) is 4.74 Å². The third-order valence-electron chi connectivity index (χ3n) is 3.98. The quantitative estimate of drug-likeness (QED) is 0.836. The van der Waals surface area contributed by atoms with Gasteiger partial charge in [0.1, 0.15) is 5.82 Å². The van der Waals surface area contributed by atoms with Gasteiger partial charge < -0.3 is 10.1 Å². The average Bonchev–Trinajstić information content (AvgIpc) is 2.47. The number of likely N-dealkylation sites (N-methyl/N-ethyl adjacent to an activating group) is 1. The SMILES string of the molecule is CCCN1CCOC(C(Cc2cccc(F)c2)NCC)C1. The largest absolute Gasteiger partial charge is 0.374 e. The number of rotatable bonds is 7. The van der Waals surface area contributed by atoms with E-state index in [1.807, 2.05) is 6.07 Å². The number of hydrogen-bond acceptors (Lipinski definition) is 3. The number of morpholine rings is 1. The zero-order valence-corrected chi connectivity index (χ0v) is 13.1. The van der Waals surface area contributed by atoms with Gasteiger partial charge in [0.05, 0.1) is 12.7 Å². The molecule has 1 aromatic carbocycles. The Hall–Kier alpha value is -0.970. The van der Waals surface area contributed by atoms with Crippen LogP contribution < -0.4 is 5.32 Å². The van der Waals surface area contributed by atoms with E-state index in [0.29, 0.717) is 0 Å². The predicted molar refractivity (Wildman–Crippen MR) is 84.0 cm³/mol. The zero-order chi connectivity index (χ0) is 15.1. The third kappa shape index (κ3) is 5.06. The summed E-state index contributed by atoms with van der Waals surface area (Å²) in [7, 11) is 0. The van der Waals surface area contributed by atoms with Gasteiger partial charge in [0, 0.05) is 19.1 Å². The van der Waals surface area contributed by atoms with Crippen molar-refractivity contribution in [3.8, 4) is 0 Å². The molecule has 1 aliphatic heterocycles. The molecule has 0 bridgehead atoms. The second-order valence-corrected chi connectivity index (χ2v) is 5.71. The van der Waals surface area contributed by atoms with Crippen molar-refractivity contribution in [1.29, 1.82) is 0 Å². The summed E-state index contributed by atoms with van der Waals surface area (Å²) in [6.45, 7) is 9.09. The van der Waals surface area contributed by atoms with Gasteiger partial charge >= 0.3 is 0 Å². The molecule has 1 N–H and O–H groups in total. The molecule has 2 rings (SSSR count). The third-order valence-corrected chi connectivity index (χ3v) is 3.98. The second kappa shape index (κ2) is 8.47. The van der Waals surface area contributed by atoms with Gasteiger partial charge in [0.2, 0.25) is 0 Å². The summed E-state index contributed by atoms with van der Waals surface area (Å²) in [6, 6.07) is 7.11. The summed E-state index contributed by atoms with van der Waals surface area (Å²) in [4.78, 5) is 2.46. The molecule has 3 nitrogen and oxygen atoms in total. The summed E-state index contributed by atoms with van der Waals surface area (Å²) in [6.07, 6.45) is 2.15. The van der Waals surface area contributed by atoms with Crippen molar-refractivity contribution in [1.82, 2.24) is 10.2 Å². The van der Waals surface area contributed by atoms with Crippen LogP contribution >= 0.6 is 0 Å². The Morgan fingerprint density at radius 2 is 2.29 bits per heavy atom. The first-order valence-electron chi connectivity index (χ1n) is 8.04. The molecule has 1 heterocycles. The van der Waals surface area contributed by atoms with Crippen molar-refractivity contribution >= 4 is 0 Å². The lowest BCUT2D eigenvalue weighted by Crippen LogP contribution is -2.53. The highest BCUT2D eigenvalue weighted by molar-refractivity contribution is 5.18. The highest BCUT2D eigenvalue weighted by Gasteiger charge is 2.27. The van der Waals surface area contributed by atoms with Crippen LogP contribution in [0.3, 0.4) is 0 Å². The van der Waals surface area contributed by atoms with Crippen LogP contribution in [0.2, 0.25) is 0 Å². The van der Waals surface area contributed by atoms with Crippen LogP contribution in [0.15, 0.2) is 24.3 Å². The molecule has 1 aliphatic rings. The molecular formula is C17H27FN2O. The van der Waals surface area contributed by atoms with E-state index in [1.165, 1.54) is 12.5 Å². The summed E-state index contributed by atoms with van der Waals surface area (Å²) in [5.74, 6) is -0.167. The fourth-order valence-electron chi connectivity index (χ4n) is 3.01. The van der Waals surface area contributed by atoms with E-state index in [0.717, 1.165) is 44.8 Å². The predicted octanol–water partition coefficient (Wildman–Crippen LogP) is 2.46. The first-order chi connectivity index (χ1) is 10.2. The Morgan fingerprint density at radius 1 is 1.43 bits per heavy atom. The molecule has 0 radical (unpaired) electrons. The van der Waals surface area contributed by atoms with Gasteiger partial charge in [-0.05, 0) is 43.6 Å². The fourth-order valence-corrected chi connectivity index (χ4v) is 3.01. The normalized spacial score (nSPS) is 21.4. The van der Waals surface area contributed by atoms with Gasteiger partial charge in [-0.2, -0.15) is 0 Å². The molecule has 0 aromatic heterocycles.